The van der Waals surface area contributed by atoms with Gasteiger partial charge in [0.25, 0.3) is 0 Å². The smallest absolute Gasteiger partial charge is 0.148 e. The summed E-state index contributed by atoms with van der Waals surface area (Å²) in [5.41, 5.74) is 3.30. The summed E-state index contributed by atoms with van der Waals surface area (Å²) in [6.07, 6.45) is 2.30. The van der Waals surface area contributed by atoms with E-state index in [9.17, 15) is 5.11 Å². The fourth-order valence-electron chi connectivity index (χ4n) is 1.84. The number of nitrogens with one attached hydrogen (secondary N) is 2. The minimum Gasteiger partial charge on any atom is -0.396 e. The summed E-state index contributed by atoms with van der Waals surface area (Å²) in [4.78, 5) is 8.85. The van der Waals surface area contributed by atoms with Crippen molar-refractivity contribution in [2.75, 3.05) is 17.3 Å². The minimum atomic E-state index is -0.190. The van der Waals surface area contributed by atoms with Crippen LogP contribution in [0.1, 0.15) is 45.0 Å². The predicted molar refractivity (Wildman–Crippen MR) is 78.0 cm³/mol. The SMILES string of the molecule is CCc1nc(NN)c(C)c(NC(C)(CC)CCO)n1. The number of hydrogen-bond acceptors (Lipinski definition) is 6. The number of nitrogen functional groups attached to an aromatic ring is 1. The van der Waals surface area contributed by atoms with Crippen LogP contribution >= 0.6 is 0 Å². The van der Waals surface area contributed by atoms with Gasteiger partial charge >= 0.3 is 0 Å². The first-order valence-electron chi connectivity index (χ1n) is 6.72. The molecule has 0 aliphatic rings. The van der Waals surface area contributed by atoms with E-state index in [0.29, 0.717) is 12.2 Å². The normalized spacial score (nSPS) is 14.0. The summed E-state index contributed by atoms with van der Waals surface area (Å²) in [5, 5.41) is 12.6. The Labute approximate surface area is 114 Å². The first-order valence-corrected chi connectivity index (χ1v) is 6.72. The Morgan fingerprint density at radius 3 is 2.37 bits per heavy atom. The lowest BCUT2D eigenvalue weighted by molar-refractivity contribution is 0.251. The molecule has 0 aliphatic heterocycles. The summed E-state index contributed by atoms with van der Waals surface area (Å²) in [6.45, 7) is 8.23. The van der Waals surface area contributed by atoms with Gasteiger partial charge in [-0.25, -0.2) is 15.8 Å². The fourth-order valence-corrected chi connectivity index (χ4v) is 1.84. The third-order valence-electron chi connectivity index (χ3n) is 3.51. The van der Waals surface area contributed by atoms with Gasteiger partial charge in [0.1, 0.15) is 17.5 Å². The summed E-state index contributed by atoms with van der Waals surface area (Å²) in [6, 6.07) is 0. The van der Waals surface area contributed by atoms with Crippen LogP contribution in [0, 0.1) is 6.92 Å². The van der Waals surface area contributed by atoms with Crippen LogP contribution in [0.3, 0.4) is 0 Å². The second kappa shape index (κ2) is 6.68. The number of aliphatic hydroxyl groups is 1. The van der Waals surface area contributed by atoms with Gasteiger partial charge in [-0.15, -0.1) is 0 Å². The lowest BCUT2D eigenvalue weighted by Gasteiger charge is -2.30. The molecule has 108 valence electrons. The van der Waals surface area contributed by atoms with Gasteiger partial charge in [0.05, 0.1) is 0 Å². The zero-order valence-electron chi connectivity index (χ0n) is 12.2. The molecular weight excluding hydrogens is 242 g/mol. The van der Waals surface area contributed by atoms with Crippen LogP contribution < -0.4 is 16.6 Å². The van der Waals surface area contributed by atoms with Gasteiger partial charge in [-0.05, 0) is 26.7 Å². The number of rotatable bonds is 7. The van der Waals surface area contributed by atoms with Gasteiger partial charge in [-0.2, -0.15) is 0 Å². The number of hydrogen-bond donors (Lipinski definition) is 4. The van der Waals surface area contributed by atoms with E-state index >= 15 is 0 Å². The quantitative estimate of drug-likeness (QED) is 0.442. The van der Waals surface area contributed by atoms with E-state index in [1.54, 1.807) is 0 Å². The van der Waals surface area contributed by atoms with Crippen molar-refractivity contribution < 1.29 is 5.11 Å². The third-order valence-corrected chi connectivity index (χ3v) is 3.51. The Morgan fingerprint density at radius 1 is 1.26 bits per heavy atom. The van der Waals surface area contributed by atoms with E-state index < -0.39 is 0 Å². The van der Waals surface area contributed by atoms with Gasteiger partial charge in [0.2, 0.25) is 0 Å². The number of aliphatic hydroxyl groups excluding tert-OH is 1. The molecule has 6 heteroatoms. The lowest BCUT2D eigenvalue weighted by Crippen LogP contribution is -2.36. The van der Waals surface area contributed by atoms with Gasteiger partial charge in [0, 0.05) is 24.1 Å². The molecule has 0 aliphatic carbocycles. The molecule has 1 unspecified atom stereocenters. The van der Waals surface area contributed by atoms with Crippen LogP contribution in [0.2, 0.25) is 0 Å². The summed E-state index contributed by atoms with van der Waals surface area (Å²) in [5.74, 6) is 7.64. The molecule has 19 heavy (non-hydrogen) atoms. The van der Waals surface area contributed by atoms with Crippen molar-refractivity contribution in [1.29, 1.82) is 0 Å². The molecule has 6 nitrogen and oxygen atoms in total. The highest BCUT2D eigenvalue weighted by atomic mass is 16.3. The first kappa shape index (κ1) is 15.7. The van der Waals surface area contributed by atoms with Crippen LogP contribution in [0.5, 0.6) is 0 Å². The number of aryl methyl sites for hydroxylation is 1. The molecule has 1 aromatic rings. The third kappa shape index (κ3) is 3.78. The zero-order chi connectivity index (χ0) is 14.5. The molecule has 1 atom stereocenters. The highest BCUT2D eigenvalue weighted by Crippen LogP contribution is 2.26. The summed E-state index contributed by atoms with van der Waals surface area (Å²) >= 11 is 0. The van der Waals surface area contributed by atoms with E-state index in [4.69, 9.17) is 5.84 Å². The molecule has 0 fully saturated rings. The van der Waals surface area contributed by atoms with E-state index in [2.05, 4.69) is 34.6 Å². The predicted octanol–water partition coefficient (Wildman–Crippen LogP) is 1.60. The zero-order valence-corrected chi connectivity index (χ0v) is 12.2. The number of aromatic nitrogens is 2. The molecule has 0 spiro atoms. The van der Waals surface area contributed by atoms with Crippen LogP contribution in [0.4, 0.5) is 11.6 Å². The average Bonchev–Trinajstić information content (AvgIpc) is 2.41. The second-order valence-corrected chi connectivity index (χ2v) is 4.97. The van der Waals surface area contributed by atoms with E-state index in [1.165, 1.54) is 0 Å². The van der Waals surface area contributed by atoms with Crippen LogP contribution in [0.15, 0.2) is 0 Å². The largest absolute Gasteiger partial charge is 0.396 e. The minimum absolute atomic E-state index is 0.143. The Balaban J connectivity index is 3.11. The highest BCUT2D eigenvalue weighted by Gasteiger charge is 2.23. The fraction of sp³-hybridized carbons (Fsp3) is 0.692. The molecule has 1 aromatic heterocycles. The van der Waals surface area contributed by atoms with E-state index in [1.807, 2.05) is 13.8 Å². The van der Waals surface area contributed by atoms with Crippen molar-refractivity contribution in [3.63, 3.8) is 0 Å². The van der Waals surface area contributed by atoms with Crippen molar-refractivity contribution in [3.05, 3.63) is 11.4 Å². The first-order chi connectivity index (χ1) is 8.99. The van der Waals surface area contributed by atoms with Gasteiger partial charge in [-0.1, -0.05) is 13.8 Å². The van der Waals surface area contributed by atoms with Gasteiger partial charge < -0.3 is 15.8 Å². The monoisotopic (exact) mass is 267 g/mol. The van der Waals surface area contributed by atoms with E-state index in [-0.39, 0.29) is 12.1 Å². The Kier molecular flexibility index (Phi) is 5.50. The van der Waals surface area contributed by atoms with Crippen molar-refractivity contribution in [1.82, 2.24) is 9.97 Å². The molecular formula is C13H25N5O. The second-order valence-electron chi connectivity index (χ2n) is 4.97. The van der Waals surface area contributed by atoms with Crippen LogP contribution in [0.25, 0.3) is 0 Å². The van der Waals surface area contributed by atoms with E-state index in [0.717, 1.165) is 30.0 Å². The maximum absolute atomic E-state index is 9.18. The lowest BCUT2D eigenvalue weighted by atomic mass is 9.94. The standard InChI is InChI=1S/C13H25N5O/c1-5-10-15-11(9(3)12(16-10)18-14)17-13(4,6-2)7-8-19/h19H,5-8,14H2,1-4H3,(H2,15,16,17,18). The highest BCUT2D eigenvalue weighted by molar-refractivity contribution is 5.57. The molecule has 0 amide bonds. The van der Waals surface area contributed by atoms with Gasteiger partial charge in [0.15, 0.2) is 0 Å². The molecule has 0 saturated heterocycles. The van der Waals surface area contributed by atoms with Crippen molar-refractivity contribution in [3.8, 4) is 0 Å². The number of nitrogens with zero attached hydrogens (tertiary/aromatic N) is 2. The molecule has 0 saturated carbocycles. The summed E-state index contributed by atoms with van der Waals surface area (Å²) < 4.78 is 0. The van der Waals surface area contributed by atoms with Crippen LogP contribution in [-0.2, 0) is 6.42 Å². The topological polar surface area (TPSA) is 96.1 Å². The maximum atomic E-state index is 9.18. The van der Waals surface area contributed by atoms with Crippen LogP contribution in [-0.4, -0.2) is 27.2 Å². The van der Waals surface area contributed by atoms with Crippen molar-refractivity contribution in [2.45, 2.75) is 52.5 Å². The van der Waals surface area contributed by atoms with Gasteiger partial charge in [-0.3, -0.25) is 0 Å². The van der Waals surface area contributed by atoms with Crippen molar-refractivity contribution in [2.24, 2.45) is 5.84 Å². The molecule has 0 bridgehead atoms. The molecule has 1 rings (SSSR count). The Hall–Kier alpha value is -1.40. The number of nitrogens with two attached hydrogens (primary N) is 1. The maximum Gasteiger partial charge on any atom is 0.148 e. The Morgan fingerprint density at radius 2 is 1.89 bits per heavy atom. The Bertz CT molecular complexity index is 424. The number of hydrazine groups is 1. The van der Waals surface area contributed by atoms with Crippen molar-refractivity contribution >= 4 is 11.6 Å². The molecule has 5 N–H and O–H groups in total. The molecule has 1 heterocycles. The number of anilines is 2. The average molecular weight is 267 g/mol. The molecule has 0 aromatic carbocycles. The molecule has 0 radical (unpaired) electrons. The summed E-state index contributed by atoms with van der Waals surface area (Å²) in [7, 11) is 0.